The topological polar surface area (TPSA) is 35.5 Å². The lowest BCUT2D eigenvalue weighted by Gasteiger charge is -2.21. The molecule has 160 valence electrons. The maximum atomic E-state index is 12.2. The third-order valence-electron chi connectivity index (χ3n) is 4.71. The van der Waals surface area contributed by atoms with Gasteiger partial charge in [0.1, 0.15) is 5.75 Å². The van der Waals surface area contributed by atoms with Crippen LogP contribution >= 0.6 is 0 Å². The zero-order valence-electron chi connectivity index (χ0n) is 17.6. The Hall–Kier alpha value is -1.56. The van der Waals surface area contributed by atoms with Crippen LogP contribution in [0.4, 0.5) is 13.2 Å². The van der Waals surface area contributed by atoms with Gasteiger partial charge in [-0.3, -0.25) is 4.79 Å². The molecule has 0 amide bonds. The van der Waals surface area contributed by atoms with Crippen LogP contribution in [-0.2, 0) is 16.0 Å². The summed E-state index contributed by atoms with van der Waals surface area (Å²) in [7, 11) is 1.60. The Labute approximate surface area is 166 Å². The van der Waals surface area contributed by atoms with Crippen LogP contribution < -0.4 is 4.74 Å². The molecule has 0 saturated heterocycles. The summed E-state index contributed by atoms with van der Waals surface area (Å²) in [6.07, 6.45) is -1.65. The average Bonchev–Trinajstić information content (AvgIpc) is 2.61. The molecule has 6 heteroatoms. The van der Waals surface area contributed by atoms with Crippen LogP contribution in [0.1, 0.15) is 88.3 Å². The van der Waals surface area contributed by atoms with E-state index in [1.165, 1.54) is 5.56 Å². The quantitative estimate of drug-likeness (QED) is 0.294. The first-order valence-corrected chi connectivity index (χ1v) is 9.96. The number of halogens is 3. The Kier molecular flexibility index (Phi) is 10.0. The Morgan fingerprint density at radius 2 is 1.50 bits per heavy atom. The molecular formula is C22H33F3O3. The fraction of sp³-hybridized carbons (Fsp3) is 0.682. The highest BCUT2D eigenvalue weighted by atomic mass is 19.4. The van der Waals surface area contributed by atoms with Crippen LogP contribution in [0.2, 0.25) is 0 Å². The minimum absolute atomic E-state index is 0.204. The van der Waals surface area contributed by atoms with E-state index in [4.69, 9.17) is 9.47 Å². The van der Waals surface area contributed by atoms with E-state index in [9.17, 15) is 18.0 Å². The van der Waals surface area contributed by atoms with Crippen LogP contribution in [0, 0.1) is 0 Å². The molecule has 0 aliphatic heterocycles. The summed E-state index contributed by atoms with van der Waals surface area (Å²) in [6.45, 7) is 8.71. The van der Waals surface area contributed by atoms with Gasteiger partial charge in [0.15, 0.2) is 6.79 Å². The molecule has 3 nitrogen and oxygen atoms in total. The molecule has 1 aromatic carbocycles. The summed E-state index contributed by atoms with van der Waals surface area (Å²) in [4.78, 5) is 10.9. The summed E-state index contributed by atoms with van der Waals surface area (Å²) >= 11 is 0. The second kappa shape index (κ2) is 11.4. The molecule has 0 heterocycles. The van der Waals surface area contributed by atoms with Gasteiger partial charge >= 0.3 is 6.18 Å². The van der Waals surface area contributed by atoms with Crippen molar-refractivity contribution in [2.45, 2.75) is 84.2 Å². The average molecular weight is 402 g/mol. The fourth-order valence-corrected chi connectivity index (χ4v) is 3.14. The third-order valence-corrected chi connectivity index (χ3v) is 4.71. The van der Waals surface area contributed by atoms with Gasteiger partial charge in [-0.25, -0.2) is 0 Å². The van der Waals surface area contributed by atoms with Gasteiger partial charge in [-0.05, 0) is 47.8 Å². The Balaban J connectivity index is 2.69. The second-order valence-electron chi connectivity index (χ2n) is 7.80. The van der Waals surface area contributed by atoms with Crippen molar-refractivity contribution in [1.82, 2.24) is 0 Å². The smallest absolute Gasteiger partial charge is 0.449 e. The Bertz CT molecular complexity index is 593. The number of methoxy groups -OCH3 is 1. The van der Waals surface area contributed by atoms with Crippen molar-refractivity contribution < 1.29 is 27.4 Å². The van der Waals surface area contributed by atoms with Crippen molar-refractivity contribution in [1.29, 1.82) is 0 Å². The van der Waals surface area contributed by atoms with Crippen molar-refractivity contribution in [2.24, 2.45) is 0 Å². The van der Waals surface area contributed by atoms with E-state index in [0.29, 0.717) is 18.3 Å². The van der Waals surface area contributed by atoms with Crippen molar-refractivity contribution >= 4 is 5.78 Å². The molecule has 1 rings (SSSR count). The number of rotatable bonds is 12. The van der Waals surface area contributed by atoms with Gasteiger partial charge in [-0.1, -0.05) is 52.7 Å². The van der Waals surface area contributed by atoms with E-state index in [2.05, 4.69) is 39.8 Å². The minimum Gasteiger partial charge on any atom is -0.467 e. The van der Waals surface area contributed by atoms with Crippen LogP contribution in [0.5, 0.6) is 5.75 Å². The summed E-state index contributed by atoms with van der Waals surface area (Å²) in [5.74, 6) is -0.126. The van der Waals surface area contributed by atoms with E-state index < -0.39 is 18.4 Å². The van der Waals surface area contributed by atoms with Crippen LogP contribution in [0.15, 0.2) is 12.1 Å². The highest BCUT2D eigenvalue weighted by molar-refractivity contribution is 5.83. The summed E-state index contributed by atoms with van der Waals surface area (Å²) in [5.41, 5.74) is 3.51. The fourth-order valence-electron chi connectivity index (χ4n) is 3.14. The standard InChI is InChI=1S/C22H33F3O3/c1-15(2)18-12-17(13-19(16(3)4)21(18)28-14-27-5)10-8-6-7-9-11-20(26)22(23,24)25/h12-13,15-16H,6-11,14H2,1-5H3. The molecule has 0 atom stereocenters. The predicted molar refractivity (Wildman–Crippen MR) is 105 cm³/mol. The first-order valence-electron chi connectivity index (χ1n) is 9.96. The molecule has 0 saturated carbocycles. The van der Waals surface area contributed by atoms with Crippen molar-refractivity contribution in [2.75, 3.05) is 13.9 Å². The minimum atomic E-state index is -4.70. The first-order chi connectivity index (χ1) is 13.1. The Morgan fingerprint density at radius 3 is 1.96 bits per heavy atom. The lowest BCUT2D eigenvalue weighted by Crippen LogP contribution is -2.22. The first kappa shape index (κ1) is 24.5. The third kappa shape index (κ3) is 7.82. The molecule has 0 spiro atoms. The van der Waals surface area contributed by atoms with Gasteiger partial charge in [-0.15, -0.1) is 0 Å². The largest absolute Gasteiger partial charge is 0.467 e. The molecule has 0 unspecified atom stereocenters. The van der Waals surface area contributed by atoms with Crippen molar-refractivity contribution in [3.63, 3.8) is 0 Å². The predicted octanol–water partition coefficient (Wildman–Crippen LogP) is 6.54. The van der Waals surface area contributed by atoms with E-state index in [1.807, 2.05) is 0 Å². The SMILES string of the molecule is COCOc1c(C(C)C)cc(CCCCCCC(=O)C(F)(F)F)cc1C(C)C. The van der Waals surface area contributed by atoms with Gasteiger partial charge in [-0.2, -0.15) is 13.2 Å². The number of alkyl halides is 3. The van der Waals surface area contributed by atoms with Gasteiger partial charge in [0.25, 0.3) is 0 Å². The molecule has 0 fully saturated rings. The summed E-state index contributed by atoms with van der Waals surface area (Å²) in [6, 6.07) is 4.32. The second-order valence-corrected chi connectivity index (χ2v) is 7.80. The van der Waals surface area contributed by atoms with Crippen LogP contribution in [-0.4, -0.2) is 25.9 Å². The molecule has 0 aliphatic carbocycles. The maximum absolute atomic E-state index is 12.2. The van der Waals surface area contributed by atoms with Crippen LogP contribution in [0.25, 0.3) is 0 Å². The molecule has 0 aliphatic rings. The number of carbonyl (C=O) groups excluding carboxylic acids is 1. The number of hydrogen-bond acceptors (Lipinski definition) is 3. The van der Waals surface area contributed by atoms with Gasteiger partial charge in [0.2, 0.25) is 5.78 Å². The maximum Gasteiger partial charge on any atom is 0.449 e. The number of Topliss-reactive ketones (excluding diaryl/α,β-unsaturated/α-hetero) is 1. The number of ether oxygens (including phenoxy) is 2. The zero-order valence-corrected chi connectivity index (χ0v) is 17.6. The monoisotopic (exact) mass is 402 g/mol. The summed E-state index contributed by atoms with van der Waals surface area (Å²) in [5, 5.41) is 0. The van der Waals surface area contributed by atoms with Crippen molar-refractivity contribution in [3.05, 3.63) is 28.8 Å². The lowest BCUT2D eigenvalue weighted by molar-refractivity contribution is -0.171. The molecule has 0 N–H and O–H groups in total. The van der Waals surface area contributed by atoms with Crippen LogP contribution in [0.3, 0.4) is 0 Å². The highest BCUT2D eigenvalue weighted by Gasteiger charge is 2.37. The highest BCUT2D eigenvalue weighted by Crippen LogP contribution is 2.36. The lowest BCUT2D eigenvalue weighted by atomic mass is 9.90. The molecular weight excluding hydrogens is 369 g/mol. The van der Waals surface area contributed by atoms with E-state index in [0.717, 1.165) is 36.1 Å². The molecule has 0 bridgehead atoms. The number of hydrogen-bond donors (Lipinski definition) is 0. The number of aryl methyl sites for hydroxylation is 1. The number of carbonyl (C=O) groups is 1. The molecule has 0 radical (unpaired) electrons. The van der Waals surface area contributed by atoms with Crippen molar-refractivity contribution in [3.8, 4) is 5.75 Å². The van der Waals surface area contributed by atoms with E-state index >= 15 is 0 Å². The van der Waals surface area contributed by atoms with E-state index in [1.54, 1.807) is 7.11 Å². The molecule has 1 aromatic rings. The number of ketones is 1. The molecule has 0 aromatic heterocycles. The van der Waals surface area contributed by atoms with Gasteiger partial charge in [0.05, 0.1) is 0 Å². The molecule has 28 heavy (non-hydrogen) atoms. The van der Waals surface area contributed by atoms with Gasteiger partial charge < -0.3 is 9.47 Å². The van der Waals surface area contributed by atoms with Gasteiger partial charge in [0, 0.05) is 13.5 Å². The number of benzene rings is 1. The zero-order chi connectivity index (χ0) is 21.3. The number of unbranched alkanes of at least 4 members (excludes halogenated alkanes) is 3. The summed E-state index contributed by atoms with van der Waals surface area (Å²) < 4.78 is 47.5. The normalized spacial score (nSPS) is 12.1. The Morgan fingerprint density at radius 1 is 0.964 bits per heavy atom. The van der Waals surface area contributed by atoms with E-state index in [-0.39, 0.29) is 13.2 Å².